The van der Waals surface area contributed by atoms with Gasteiger partial charge in [-0.1, -0.05) is 12.1 Å². The molecule has 0 aromatic heterocycles. The Balaban J connectivity index is 1.31. The van der Waals surface area contributed by atoms with E-state index in [0.29, 0.717) is 23.0 Å². The summed E-state index contributed by atoms with van der Waals surface area (Å²) in [6.45, 7) is 3.57. The average Bonchev–Trinajstić information content (AvgIpc) is 3.35. The van der Waals surface area contributed by atoms with Gasteiger partial charge in [0.05, 0.1) is 11.4 Å². The Morgan fingerprint density at radius 3 is 2.58 bits per heavy atom. The van der Waals surface area contributed by atoms with Gasteiger partial charge in [0.1, 0.15) is 0 Å². The Bertz CT molecular complexity index is 770. The van der Waals surface area contributed by atoms with E-state index in [9.17, 15) is 4.79 Å². The minimum absolute atomic E-state index is 0.147. The molecule has 2 aromatic rings. The van der Waals surface area contributed by atoms with Gasteiger partial charge in [0.2, 0.25) is 0 Å². The number of carbonyl (C=O) groups excluding carboxylic acids is 1. The Morgan fingerprint density at radius 2 is 1.85 bits per heavy atom. The molecule has 136 valence electrons. The minimum atomic E-state index is -0.147. The summed E-state index contributed by atoms with van der Waals surface area (Å²) in [6, 6.07) is 15.4. The highest BCUT2D eigenvalue weighted by Gasteiger charge is 2.29. The summed E-state index contributed by atoms with van der Waals surface area (Å²) in [7, 11) is 0. The number of para-hydroxylation sites is 2. The maximum Gasteiger partial charge on any atom is 0.255 e. The van der Waals surface area contributed by atoms with Gasteiger partial charge in [-0.2, -0.15) is 0 Å². The third-order valence-corrected chi connectivity index (χ3v) is 5.21. The molecule has 0 radical (unpaired) electrons. The van der Waals surface area contributed by atoms with Crippen molar-refractivity contribution in [1.82, 2.24) is 4.90 Å². The van der Waals surface area contributed by atoms with Crippen LogP contribution in [0.5, 0.6) is 0 Å². The van der Waals surface area contributed by atoms with Crippen LogP contribution in [0.25, 0.3) is 0 Å². The van der Waals surface area contributed by atoms with Gasteiger partial charge in [-0.15, -0.1) is 0 Å². The molecule has 2 aromatic carbocycles. The van der Waals surface area contributed by atoms with E-state index in [2.05, 4.69) is 15.5 Å². The van der Waals surface area contributed by atoms with E-state index in [-0.39, 0.29) is 5.91 Å². The number of nitrogens with one attached hydrogen (secondary N) is 2. The molecule has 2 fully saturated rings. The monoisotopic (exact) mass is 350 g/mol. The number of hydrogen-bond donors (Lipinski definition) is 3. The molecule has 1 saturated carbocycles. The van der Waals surface area contributed by atoms with Crippen LogP contribution < -0.4 is 16.4 Å². The largest absolute Gasteiger partial charge is 0.397 e. The highest BCUT2D eigenvalue weighted by atomic mass is 16.1. The lowest BCUT2D eigenvalue weighted by Crippen LogP contribution is -2.27. The molecule has 4 N–H and O–H groups in total. The van der Waals surface area contributed by atoms with Crippen LogP contribution in [-0.2, 0) is 0 Å². The highest BCUT2D eigenvalue weighted by Crippen LogP contribution is 2.31. The third-order valence-electron chi connectivity index (χ3n) is 5.21. The molecule has 5 heteroatoms. The van der Waals surface area contributed by atoms with Crippen LogP contribution in [0.2, 0.25) is 0 Å². The molecular formula is C21H26N4O. The predicted molar refractivity (Wildman–Crippen MR) is 106 cm³/mol. The fourth-order valence-corrected chi connectivity index (χ4v) is 3.54. The van der Waals surface area contributed by atoms with Crippen molar-refractivity contribution in [1.29, 1.82) is 0 Å². The lowest BCUT2D eigenvalue weighted by atomic mass is 10.1. The standard InChI is InChI=1S/C21H26N4O/c22-19-3-1-2-4-20(19)24-21(26)16-7-9-17(10-8-16)23-18-11-12-25(14-18)13-15-5-6-15/h1-4,7-10,15,18,23H,5-6,11-14,22H2,(H,24,26)/t18-/m0/s1. The van der Waals surface area contributed by atoms with Crippen molar-refractivity contribution in [2.24, 2.45) is 5.92 Å². The number of nitrogens with zero attached hydrogens (tertiary/aromatic N) is 1. The molecule has 0 unspecified atom stereocenters. The highest BCUT2D eigenvalue weighted by molar-refractivity contribution is 6.05. The first-order valence-electron chi connectivity index (χ1n) is 9.42. The van der Waals surface area contributed by atoms with Gasteiger partial charge in [-0.25, -0.2) is 0 Å². The molecule has 2 aliphatic rings. The number of anilines is 3. The molecule has 4 rings (SSSR count). The van der Waals surface area contributed by atoms with Gasteiger partial charge in [0.25, 0.3) is 5.91 Å². The normalized spacial score (nSPS) is 20.1. The molecule has 5 nitrogen and oxygen atoms in total. The first-order valence-corrected chi connectivity index (χ1v) is 9.42. The Kier molecular flexibility index (Phi) is 4.80. The molecule has 26 heavy (non-hydrogen) atoms. The van der Waals surface area contributed by atoms with Gasteiger partial charge >= 0.3 is 0 Å². The molecule has 1 aliphatic heterocycles. The second-order valence-corrected chi connectivity index (χ2v) is 7.45. The molecule has 0 spiro atoms. The van der Waals surface area contributed by atoms with Crippen molar-refractivity contribution >= 4 is 23.0 Å². The number of likely N-dealkylation sites (tertiary alicyclic amines) is 1. The van der Waals surface area contributed by atoms with Crippen molar-refractivity contribution in [2.75, 3.05) is 36.0 Å². The Labute approximate surface area is 154 Å². The zero-order valence-electron chi connectivity index (χ0n) is 14.9. The molecular weight excluding hydrogens is 324 g/mol. The van der Waals surface area contributed by atoms with Gasteiger partial charge in [-0.3, -0.25) is 4.79 Å². The fourth-order valence-electron chi connectivity index (χ4n) is 3.54. The van der Waals surface area contributed by atoms with Crippen molar-refractivity contribution in [2.45, 2.75) is 25.3 Å². The summed E-state index contributed by atoms with van der Waals surface area (Å²) in [5, 5.41) is 6.45. The van der Waals surface area contributed by atoms with E-state index in [1.807, 2.05) is 36.4 Å². The van der Waals surface area contributed by atoms with E-state index >= 15 is 0 Å². The van der Waals surface area contributed by atoms with E-state index in [1.165, 1.54) is 32.4 Å². The second-order valence-electron chi connectivity index (χ2n) is 7.45. The summed E-state index contributed by atoms with van der Waals surface area (Å²) in [5.74, 6) is 0.802. The van der Waals surface area contributed by atoms with Gasteiger partial charge in [0, 0.05) is 36.9 Å². The number of hydrogen-bond acceptors (Lipinski definition) is 4. The summed E-state index contributed by atoms with van der Waals surface area (Å²) < 4.78 is 0. The summed E-state index contributed by atoms with van der Waals surface area (Å²) >= 11 is 0. The van der Waals surface area contributed by atoms with E-state index in [4.69, 9.17) is 5.73 Å². The molecule has 1 atom stereocenters. The van der Waals surface area contributed by atoms with E-state index in [0.717, 1.165) is 18.2 Å². The minimum Gasteiger partial charge on any atom is -0.397 e. The van der Waals surface area contributed by atoms with E-state index < -0.39 is 0 Å². The van der Waals surface area contributed by atoms with Crippen LogP contribution in [-0.4, -0.2) is 36.5 Å². The van der Waals surface area contributed by atoms with Crippen LogP contribution in [0.3, 0.4) is 0 Å². The molecule has 1 heterocycles. The van der Waals surface area contributed by atoms with Crippen LogP contribution in [0, 0.1) is 5.92 Å². The van der Waals surface area contributed by atoms with Gasteiger partial charge in [0.15, 0.2) is 0 Å². The summed E-state index contributed by atoms with van der Waals surface area (Å²) in [4.78, 5) is 15.0. The van der Waals surface area contributed by atoms with Crippen LogP contribution >= 0.6 is 0 Å². The van der Waals surface area contributed by atoms with E-state index in [1.54, 1.807) is 12.1 Å². The lowest BCUT2D eigenvalue weighted by Gasteiger charge is -2.17. The number of rotatable bonds is 6. The van der Waals surface area contributed by atoms with Crippen molar-refractivity contribution in [3.63, 3.8) is 0 Å². The average molecular weight is 350 g/mol. The maximum absolute atomic E-state index is 12.4. The van der Waals surface area contributed by atoms with Crippen molar-refractivity contribution in [3.8, 4) is 0 Å². The van der Waals surface area contributed by atoms with Crippen molar-refractivity contribution < 1.29 is 4.79 Å². The number of benzene rings is 2. The molecule has 1 aliphatic carbocycles. The number of carbonyl (C=O) groups is 1. The Hall–Kier alpha value is -2.53. The first kappa shape index (κ1) is 16.9. The van der Waals surface area contributed by atoms with Crippen LogP contribution in [0.1, 0.15) is 29.6 Å². The predicted octanol–water partition coefficient (Wildman–Crippen LogP) is 3.42. The SMILES string of the molecule is Nc1ccccc1NC(=O)c1ccc(N[C@H]2CCN(CC3CC3)C2)cc1. The number of nitrogen functional groups attached to an aromatic ring is 1. The smallest absolute Gasteiger partial charge is 0.255 e. The quantitative estimate of drug-likeness (QED) is 0.698. The van der Waals surface area contributed by atoms with Crippen molar-refractivity contribution in [3.05, 3.63) is 54.1 Å². The first-order chi connectivity index (χ1) is 12.7. The number of nitrogens with two attached hydrogens (primary N) is 1. The Morgan fingerprint density at radius 1 is 1.08 bits per heavy atom. The van der Waals surface area contributed by atoms with Gasteiger partial charge in [-0.05, 0) is 61.6 Å². The molecule has 1 amide bonds. The molecule has 0 bridgehead atoms. The fraction of sp³-hybridized carbons (Fsp3) is 0.381. The van der Waals surface area contributed by atoms with Crippen LogP contribution in [0.4, 0.5) is 17.1 Å². The third kappa shape index (κ3) is 4.17. The summed E-state index contributed by atoms with van der Waals surface area (Å²) in [6.07, 6.45) is 4.00. The number of amides is 1. The van der Waals surface area contributed by atoms with Gasteiger partial charge < -0.3 is 21.3 Å². The lowest BCUT2D eigenvalue weighted by molar-refractivity contribution is 0.102. The topological polar surface area (TPSA) is 70.4 Å². The zero-order chi connectivity index (χ0) is 17.9. The maximum atomic E-state index is 12.4. The van der Waals surface area contributed by atoms with Crippen LogP contribution in [0.15, 0.2) is 48.5 Å². The molecule has 1 saturated heterocycles. The zero-order valence-corrected chi connectivity index (χ0v) is 14.9. The second kappa shape index (κ2) is 7.38. The summed E-state index contributed by atoms with van der Waals surface area (Å²) in [5.41, 5.74) is 8.78.